The van der Waals surface area contributed by atoms with E-state index in [0.29, 0.717) is 15.9 Å². The van der Waals surface area contributed by atoms with E-state index in [2.05, 4.69) is 4.98 Å². The second-order valence-electron chi connectivity index (χ2n) is 3.25. The summed E-state index contributed by atoms with van der Waals surface area (Å²) in [5, 5.41) is 1.07. The van der Waals surface area contributed by atoms with Gasteiger partial charge in [-0.15, -0.1) is 0 Å². The molecule has 0 spiro atoms. The molecule has 0 saturated carbocycles. The zero-order valence-electron chi connectivity index (χ0n) is 8.65. The Morgan fingerprint density at radius 3 is 2.65 bits per heavy atom. The highest BCUT2D eigenvalue weighted by molar-refractivity contribution is 8.13. The van der Waals surface area contributed by atoms with Crippen molar-refractivity contribution in [1.29, 1.82) is 0 Å². The van der Waals surface area contributed by atoms with Gasteiger partial charge < -0.3 is 4.74 Å². The zero-order chi connectivity index (χ0) is 12.6. The van der Waals surface area contributed by atoms with Crippen LogP contribution < -0.4 is 4.74 Å². The van der Waals surface area contributed by atoms with Crippen LogP contribution in [0.25, 0.3) is 10.9 Å². The van der Waals surface area contributed by atoms with Gasteiger partial charge >= 0.3 is 0 Å². The van der Waals surface area contributed by atoms with Crippen LogP contribution in [0, 0.1) is 0 Å². The number of nitrogens with zero attached hydrogens (tertiary/aromatic N) is 1. The lowest BCUT2D eigenvalue weighted by molar-refractivity contribution is 0.404. The molecule has 0 unspecified atom stereocenters. The molecule has 0 saturated heterocycles. The predicted octanol–water partition coefficient (Wildman–Crippen LogP) is 2.82. The van der Waals surface area contributed by atoms with Crippen LogP contribution in [-0.2, 0) is 9.05 Å². The van der Waals surface area contributed by atoms with Crippen LogP contribution in [-0.4, -0.2) is 20.5 Å². The van der Waals surface area contributed by atoms with E-state index >= 15 is 0 Å². The Kier molecular flexibility index (Phi) is 3.16. The third-order valence-electron chi connectivity index (χ3n) is 2.24. The highest BCUT2D eigenvalue weighted by Gasteiger charge is 2.18. The molecule has 0 radical (unpaired) electrons. The van der Waals surface area contributed by atoms with Gasteiger partial charge in [-0.3, -0.25) is 4.98 Å². The van der Waals surface area contributed by atoms with Gasteiger partial charge in [0.1, 0.15) is 10.6 Å². The fourth-order valence-corrected chi connectivity index (χ4v) is 2.67. The molecule has 1 heterocycles. The first-order valence-electron chi connectivity index (χ1n) is 4.50. The summed E-state index contributed by atoms with van der Waals surface area (Å²) < 4.78 is 27.7. The number of pyridine rings is 1. The van der Waals surface area contributed by atoms with Gasteiger partial charge in [0.15, 0.2) is 0 Å². The summed E-state index contributed by atoms with van der Waals surface area (Å²) in [4.78, 5) is 3.91. The van der Waals surface area contributed by atoms with Crippen molar-refractivity contribution >= 4 is 42.2 Å². The maximum absolute atomic E-state index is 11.4. The summed E-state index contributed by atoms with van der Waals surface area (Å²) in [6, 6.07) is 4.44. The van der Waals surface area contributed by atoms with Gasteiger partial charge in [0.25, 0.3) is 9.05 Å². The Bertz CT molecular complexity index is 685. The van der Waals surface area contributed by atoms with Crippen molar-refractivity contribution < 1.29 is 13.2 Å². The van der Waals surface area contributed by atoms with Gasteiger partial charge in [-0.2, -0.15) is 0 Å². The van der Waals surface area contributed by atoms with E-state index < -0.39 is 9.05 Å². The topological polar surface area (TPSA) is 56.3 Å². The minimum Gasteiger partial charge on any atom is -0.495 e. The minimum absolute atomic E-state index is 0.121. The minimum atomic E-state index is -3.89. The second kappa shape index (κ2) is 4.33. The lowest BCUT2D eigenvalue weighted by atomic mass is 10.2. The quantitative estimate of drug-likeness (QED) is 0.799. The molecule has 0 aliphatic carbocycles. The molecular weight excluding hydrogens is 285 g/mol. The molecule has 2 aromatic rings. The predicted molar refractivity (Wildman–Crippen MR) is 66.3 cm³/mol. The van der Waals surface area contributed by atoms with E-state index in [1.165, 1.54) is 25.4 Å². The van der Waals surface area contributed by atoms with Crippen molar-refractivity contribution in [3.8, 4) is 5.75 Å². The molecule has 0 amide bonds. The summed E-state index contributed by atoms with van der Waals surface area (Å²) in [5.74, 6) is 0.141. The van der Waals surface area contributed by atoms with Gasteiger partial charge in [-0.1, -0.05) is 11.6 Å². The molecule has 0 fully saturated rings. The number of hydrogen-bond acceptors (Lipinski definition) is 4. The average Bonchev–Trinajstić information content (AvgIpc) is 2.27. The van der Waals surface area contributed by atoms with Crippen molar-refractivity contribution in [3.05, 3.63) is 29.4 Å². The monoisotopic (exact) mass is 291 g/mol. The summed E-state index contributed by atoms with van der Waals surface area (Å²) in [6.07, 6.45) is 1.49. The average molecular weight is 292 g/mol. The van der Waals surface area contributed by atoms with Crippen LogP contribution in [0.1, 0.15) is 0 Å². The highest BCUT2D eigenvalue weighted by Crippen LogP contribution is 2.33. The van der Waals surface area contributed by atoms with Crippen LogP contribution >= 0.6 is 22.3 Å². The van der Waals surface area contributed by atoms with Crippen molar-refractivity contribution in [1.82, 2.24) is 4.98 Å². The molecule has 1 aromatic carbocycles. The summed E-state index contributed by atoms with van der Waals surface area (Å²) in [6.45, 7) is 0. The van der Waals surface area contributed by atoms with Crippen LogP contribution in [0.4, 0.5) is 0 Å². The van der Waals surface area contributed by atoms with Crippen molar-refractivity contribution in [2.24, 2.45) is 0 Å². The van der Waals surface area contributed by atoms with Gasteiger partial charge in [0, 0.05) is 22.3 Å². The third-order valence-corrected chi connectivity index (χ3v) is 3.91. The molecular formula is C10H7Cl2NO3S. The Balaban J connectivity index is 2.88. The molecule has 0 atom stereocenters. The molecule has 0 aliphatic rings. The number of hydrogen-bond donors (Lipinski definition) is 0. The van der Waals surface area contributed by atoms with E-state index in [1.54, 1.807) is 6.07 Å². The van der Waals surface area contributed by atoms with E-state index in [1.807, 2.05) is 0 Å². The molecule has 1 aromatic heterocycles. The maximum Gasteiger partial charge on any atom is 0.265 e. The van der Waals surface area contributed by atoms with Crippen LogP contribution in [0.3, 0.4) is 0 Å². The molecule has 90 valence electrons. The van der Waals surface area contributed by atoms with Crippen molar-refractivity contribution in [3.63, 3.8) is 0 Å². The Labute approximate surface area is 108 Å². The Morgan fingerprint density at radius 1 is 1.35 bits per heavy atom. The van der Waals surface area contributed by atoms with Gasteiger partial charge in [-0.25, -0.2) is 8.42 Å². The Morgan fingerprint density at radius 2 is 2.06 bits per heavy atom. The van der Waals surface area contributed by atoms with E-state index in [9.17, 15) is 8.42 Å². The number of fused-ring (bicyclic) bond motifs is 1. The number of methoxy groups -OCH3 is 1. The zero-order valence-corrected chi connectivity index (χ0v) is 11.0. The third kappa shape index (κ3) is 2.31. The number of ether oxygens (including phenoxy) is 1. The molecule has 2 rings (SSSR count). The smallest absolute Gasteiger partial charge is 0.265 e. The molecule has 0 aliphatic heterocycles. The molecule has 0 N–H and O–H groups in total. The Hall–Kier alpha value is -1.04. The van der Waals surface area contributed by atoms with Gasteiger partial charge in [-0.05, 0) is 18.2 Å². The number of halogens is 2. The SMILES string of the molecule is COc1cc2c(Cl)ccnc2cc1S(=O)(=O)Cl. The van der Waals surface area contributed by atoms with E-state index in [-0.39, 0.29) is 10.6 Å². The molecule has 17 heavy (non-hydrogen) atoms. The summed E-state index contributed by atoms with van der Waals surface area (Å²) >= 11 is 5.97. The maximum atomic E-state index is 11.4. The van der Waals surface area contributed by atoms with Gasteiger partial charge in [0.05, 0.1) is 17.6 Å². The van der Waals surface area contributed by atoms with Crippen LogP contribution in [0.15, 0.2) is 29.3 Å². The second-order valence-corrected chi connectivity index (χ2v) is 6.19. The highest BCUT2D eigenvalue weighted by atomic mass is 35.7. The molecule has 7 heteroatoms. The lowest BCUT2D eigenvalue weighted by Crippen LogP contribution is -1.97. The van der Waals surface area contributed by atoms with Gasteiger partial charge in [0.2, 0.25) is 0 Å². The summed E-state index contributed by atoms with van der Waals surface area (Å²) in [5.41, 5.74) is 0.442. The van der Waals surface area contributed by atoms with Crippen molar-refractivity contribution in [2.45, 2.75) is 4.90 Å². The number of benzene rings is 1. The van der Waals surface area contributed by atoms with Crippen LogP contribution in [0.5, 0.6) is 5.75 Å². The van der Waals surface area contributed by atoms with E-state index in [0.717, 1.165) is 0 Å². The molecule has 0 bridgehead atoms. The number of aromatic nitrogens is 1. The largest absolute Gasteiger partial charge is 0.495 e. The first-order chi connectivity index (χ1) is 7.93. The fourth-order valence-electron chi connectivity index (χ4n) is 1.47. The first kappa shape index (κ1) is 12.4. The lowest BCUT2D eigenvalue weighted by Gasteiger charge is -2.08. The first-order valence-corrected chi connectivity index (χ1v) is 7.19. The normalized spacial score (nSPS) is 11.7. The fraction of sp³-hybridized carbons (Fsp3) is 0.100. The molecule has 4 nitrogen and oxygen atoms in total. The standard InChI is InChI=1S/C10H7Cl2NO3S/c1-16-9-4-6-7(11)2-3-13-8(6)5-10(9)17(12,14)15/h2-5H,1H3. The van der Waals surface area contributed by atoms with E-state index in [4.69, 9.17) is 27.0 Å². The van der Waals surface area contributed by atoms with Crippen LogP contribution in [0.2, 0.25) is 5.02 Å². The summed E-state index contributed by atoms with van der Waals surface area (Å²) in [7, 11) is 2.79. The number of rotatable bonds is 2. The van der Waals surface area contributed by atoms with Crippen molar-refractivity contribution in [2.75, 3.05) is 7.11 Å².